The predicted octanol–water partition coefficient (Wildman–Crippen LogP) is 5.27. The van der Waals surface area contributed by atoms with Crippen molar-refractivity contribution in [3.05, 3.63) is 95.1 Å². The van der Waals surface area contributed by atoms with Crippen molar-refractivity contribution in [2.24, 2.45) is 0 Å². The van der Waals surface area contributed by atoms with E-state index in [0.29, 0.717) is 18.9 Å². The van der Waals surface area contributed by atoms with Crippen LogP contribution in [-0.4, -0.2) is 37.9 Å². The molecule has 0 aliphatic heterocycles. The van der Waals surface area contributed by atoms with Crippen LogP contribution in [0.2, 0.25) is 0 Å². The number of carboxylic acids is 1. The predicted molar refractivity (Wildman–Crippen MR) is 137 cm³/mol. The fraction of sp³-hybridized carbons (Fsp3) is 0.276. The molecular weight excluding hydrogens is 426 g/mol. The Morgan fingerprint density at radius 3 is 2.35 bits per heavy atom. The molecule has 5 nitrogen and oxygen atoms in total. The summed E-state index contributed by atoms with van der Waals surface area (Å²) >= 11 is 0. The zero-order valence-corrected chi connectivity index (χ0v) is 19.0. The fourth-order valence-electron chi connectivity index (χ4n) is 3.55. The maximum Gasteiger partial charge on any atom is 0.341 e. The van der Waals surface area contributed by atoms with Crippen LogP contribution in [0.15, 0.2) is 72.8 Å². The molecule has 0 aliphatic carbocycles. The van der Waals surface area contributed by atoms with Gasteiger partial charge in [0.2, 0.25) is 0 Å². The quantitative estimate of drug-likeness (QED) is 0.405. The van der Waals surface area contributed by atoms with E-state index < -0.39 is 5.97 Å². The van der Waals surface area contributed by atoms with Gasteiger partial charge in [-0.1, -0.05) is 61.7 Å². The Hall–Kier alpha value is -3.75. The standard InChI is InChI=1S/C28H29NO4.CH4/c1-21-19-25(14-15-27(21)33-20-28(30)31)32-18-16-26(23-8-4-3-5-9-23)24-12-10-22(11-13-24)7-6-17-29-2;/h3-5,8-15,19,26,29H,16-18,20H2,1-2H3,(H,30,31);1H4. The van der Waals surface area contributed by atoms with Gasteiger partial charge in [0, 0.05) is 11.5 Å². The van der Waals surface area contributed by atoms with E-state index in [4.69, 9.17) is 14.6 Å². The summed E-state index contributed by atoms with van der Waals surface area (Å²) in [7, 11) is 1.88. The maximum absolute atomic E-state index is 10.7. The molecule has 0 fully saturated rings. The number of aryl methyl sites for hydroxylation is 1. The molecule has 0 amide bonds. The minimum Gasteiger partial charge on any atom is -0.494 e. The lowest BCUT2D eigenvalue weighted by Crippen LogP contribution is -2.10. The van der Waals surface area contributed by atoms with Crippen molar-refractivity contribution in [3.63, 3.8) is 0 Å². The summed E-state index contributed by atoms with van der Waals surface area (Å²) in [5.41, 5.74) is 4.29. The van der Waals surface area contributed by atoms with E-state index in [1.165, 1.54) is 11.1 Å². The molecule has 0 spiro atoms. The average molecular weight is 460 g/mol. The Morgan fingerprint density at radius 2 is 1.71 bits per heavy atom. The van der Waals surface area contributed by atoms with Crippen molar-refractivity contribution in [1.29, 1.82) is 0 Å². The molecule has 3 aromatic carbocycles. The highest BCUT2D eigenvalue weighted by atomic mass is 16.5. The van der Waals surface area contributed by atoms with E-state index in [9.17, 15) is 4.79 Å². The summed E-state index contributed by atoms with van der Waals surface area (Å²) < 4.78 is 11.3. The number of carboxylic acid groups (broad SMARTS) is 1. The highest BCUT2D eigenvalue weighted by Gasteiger charge is 2.15. The minimum absolute atomic E-state index is 0. The van der Waals surface area contributed by atoms with Gasteiger partial charge in [-0.2, -0.15) is 0 Å². The number of rotatable bonds is 10. The van der Waals surface area contributed by atoms with Crippen molar-refractivity contribution in [3.8, 4) is 23.3 Å². The number of ether oxygens (including phenoxy) is 2. The lowest BCUT2D eigenvalue weighted by molar-refractivity contribution is -0.139. The van der Waals surface area contributed by atoms with Crippen LogP contribution in [0.5, 0.6) is 11.5 Å². The van der Waals surface area contributed by atoms with Crippen LogP contribution >= 0.6 is 0 Å². The summed E-state index contributed by atoms with van der Waals surface area (Å²) in [4.78, 5) is 10.7. The molecule has 3 rings (SSSR count). The van der Waals surface area contributed by atoms with E-state index >= 15 is 0 Å². The molecule has 0 heterocycles. The second-order valence-electron chi connectivity index (χ2n) is 7.66. The Morgan fingerprint density at radius 1 is 1.00 bits per heavy atom. The smallest absolute Gasteiger partial charge is 0.341 e. The first kappa shape index (κ1) is 26.5. The highest BCUT2D eigenvalue weighted by Crippen LogP contribution is 2.29. The van der Waals surface area contributed by atoms with E-state index in [1.807, 2.05) is 26.1 Å². The Bertz CT molecular complexity index is 1100. The minimum atomic E-state index is -1.00. The molecule has 0 saturated carbocycles. The first-order chi connectivity index (χ1) is 16.1. The van der Waals surface area contributed by atoms with Crippen LogP contribution in [0.1, 0.15) is 42.0 Å². The number of benzene rings is 3. The monoisotopic (exact) mass is 459 g/mol. The lowest BCUT2D eigenvalue weighted by atomic mass is 9.88. The van der Waals surface area contributed by atoms with E-state index in [1.54, 1.807) is 12.1 Å². The van der Waals surface area contributed by atoms with Gasteiger partial charge in [0.25, 0.3) is 0 Å². The van der Waals surface area contributed by atoms with Gasteiger partial charge < -0.3 is 19.9 Å². The maximum atomic E-state index is 10.7. The highest BCUT2D eigenvalue weighted by molar-refractivity contribution is 5.68. The van der Waals surface area contributed by atoms with Crippen molar-refractivity contribution in [2.45, 2.75) is 26.7 Å². The number of nitrogens with one attached hydrogen (secondary N) is 1. The molecule has 1 atom stereocenters. The SMILES string of the molecule is C.CNCC#Cc1ccc(C(CCOc2ccc(OCC(=O)O)c(C)c2)c2ccccc2)cc1. The van der Waals surface area contributed by atoms with E-state index in [-0.39, 0.29) is 20.0 Å². The van der Waals surface area contributed by atoms with Gasteiger partial charge in [-0.05, 0) is 67.4 Å². The zero-order chi connectivity index (χ0) is 23.5. The molecule has 34 heavy (non-hydrogen) atoms. The molecule has 178 valence electrons. The molecule has 0 radical (unpaired) electrons. The molecule has 1 unspecified atom stereocenters. The first-order valence-corrected chi connectivity index (χ1v) is 10.9. The molecule has 0 bridgehead atoms. The normalized spacial score (nSPS) is 10.9. The van der Waals surface area contributed by atoms with Gasteiger partial charge in [-0.3, -0.25) is 0 Å². The van der Waals surface area contributed by atoms with Crippen molar-refractivity contribution in [2.75, 3.05) is 26.8 Å². The third-order valence-corrected chi connectivity index (χ3v) is 5.19. The number of hydrogen-bond acceptors (Lipinski definition) is 4. The van der Waals surface area contributed by atoms with Gasteiger partial charge >= 0.3 is 5.97 Å². The fourth-order valence-corrected chi connectivity index (χ4v) is 3.55. The molecular formula is C29H33NO4. The topological polar surface area (TPSA) is 67.8 Å². The van der Waals surface area contributed by atoms with Gasteiger partial charge in [0.1, 0.15) is 11.5 Å². The van der Waals surface area contributed by atoms with E-state index in [2.05, 4.69) is 65.7 Å². The first-order valence-electron chi connectivity index (χ1n) is 10.9. The van der Waals surface area contributed by atoms with Crippen LogP contribution in [0.25, 0.3) is 0 Å². The zero-order valence-electron chi connectivity index (χ0n) is 19.0. The Kier molecular flexibility index (Phi) is 10.7. The Balaban J connectivity index is 0.00000408. The van der Waals surface area contributed by atoms with Crippen molar-refractivity contribution in [1.82, 2.24) is 5.32 Å². The second kappa shape index (κ2) is 13.7. The summed E-state index contributed by atoms with van der Waals surface area (Å²) in [5.74, 6) is 6.73. The third kappa shape index (κ3) is 7.99. The van der Waals surface area contributed by atoms with Gasteiger partial charge in [0.05, 0.1) is 13.2 Å². The largest absolute Gasteiger partial charge is 0.494 e. The summed E-state index contributed by atoms with van der Waals surface area (Å²) in [6.07, 6.45) is 0.811. The molecule has 0 saturated heterocycles. The number of aliphatic carboxylic acids is 1. The summed E-state index contributed by atoms with van der Waals surface area (Å²) in [5, 5.41) is 11.8. The average Bonchev–Trinajstić information content (AvgIpc) is 2.82. The number of hydrogen-bond donors (Lipinski definition) is 2. The van der Waals surface area contributed by atoms with Crippen molar-refractivity contribution >= 4 is 5.97 Å². The van der Waals surface area contributed by atoms with Gasteiger partial charge in [-0.15, -0.1) is 0 Å². The van der Waals surface area contributed by atoms with Crippen molar-refractivity contribution < 1.29 is 19.4 Å². The van der Waals surface area contributed by atoms with Gasteiger partial charge in [0.15, 0.2) is 6.61 Å². The Labute approximate surface area is 202 Å². The lowest BCUT2D eigenvalue weighted by Gasteiger charge is -2.19. The van der Waals surface area contributed by atoms with Gasteiger partial charge in [-0.25, -0.2) is 4.79 Å². The molecule has 0 aliphatic rings. The molecule has 0 aromatic heterocycles. The molecule has 5 heteroatoms. The second-order valence-corrected chi connectivity index (χ2v) is 7.66. The van der Waals surface area contributed by atoms with Crippen LogP contribution in [-0.2, 0) is 4.79 Å². The summed E-state index contributed by atoms with van der Waals surface area (Å²) in [6, 6.07) is 24.2. The molecule has 2 N–H and O–H groups in total. The van der Waals surface area contributed by atoms with E-state index in [0.717, 1.165) is 23.3 Å². The van der Waals surface area contributed by atoms with Crippen LogP contribution in [0.4, 0.5) is 0 Å². The third-order valence-electron chi connectivity index (χ3n) is 5.19. The van der Waals surface area contributed by atoms with Crippen LogP contribution in [0.3, 0.4) is 0 Å². The molecule has 3 aromatic rings. The summed E-state index contributed by atoms with van der Waals surface area (Å²) in [6.45, 7) is 2.72. The number of carbonyl (C=O) groups is 1. The van der Waals surface area contributed by atoms with Crippen LogP contribution in [0, 0.1) is 18.8 Å². The van der Waals surface area contributed by atoms with Crippen LogP contribution < -0.4 is 14.8 Å².